The van der Waals surface area contributed by atoms with E-state index in [0.717, 1.165) is 34.8 Å². The molecule has 148 valence electrons. The van der Waals surface area contributed by atoms with Crippen molar-refractivity contribution in [3.63, 3.8) is 0 Å². The summed E-state index contributed by atoms with van der Waals surface area (Å²) < 4.78 is 2.22. The minimum Gasteiger partial charge on any atom is -1.00 e. The zero-order chi connectivity index (χ0) is 19.6. The minimum absolute atomic E-state index is 0. The van der Waals surface area contributed by atoms with E-state index < -0.39 is 0 Å². The van der Waals surface area contributed by atoms with E-state index >= 15 is 0 Å². The molecule has 0 radical (unpaired) electrons. The Morgan fingerprint density at radius 3 is 2.07 bits per heavy atom. The maximum atomic E-state index is 11.0. The number of phenolic OH excluding ortho intramolecular Hbond substituents is 1. The number of aromatic hydroxyl groups is 1. The first-order valence-corrected chi connectivity index (χ1v) is 9.59. The summed E-state index contributed by atoms with van der Waals surface area (Å²) in [5.41, 5.74) is 6.23. The van der Waals surface area contributed by atoms with Gasteiger partial charge in [0.05, 0.1) is 5.69 Å². The molecule has 0 aliphatic carbocycles. The van der Waals surface area contributed by atoms with E-state index in [4.69, 9.17) is 4.98 Å². The molecule has 4 heteroatoms. The lowest BCUT2D eigenvalue weighted by molar-refractivity contribution is -0.00000763. The van der Waals surface area contributed by atoms with Crippen molar-refractivity contribution in [2.45, 2.75) is 58.9 Å². The van der Waals surface area contributed by atoms with Gasteiger partial charge in [-0.25, -0.2) is 4.98 Å². The molecule has 1 N–H and O–H groups in total. The van der Waals surface area contributed by atoms with Gasteiger partial charge in [-0.2, -0.15) is 0 Å². The lowest BCUT2D eigenvalue weighted by Crippen LogP contribution is -3.00. The van der Waals surface area contributed by atoms with E-state index in [1.807, 2.05) is 0 Å². The molecule has 2 aromatic carbocycles. The number of imidazole rings is 1. The number of rotatable bonds is 1. The first-order chi connectivity index (χ1) is 12.6. The van der Waals surface area contributed by atoms with Gasteiger partial charge in [-0.05, 0) is 28.5 Å². The average molecular weight is 440 g/mol. The van der Waals surface area contributed by atoms with E-state index in [-0.39, 0.29) is 27.8 Å². The Bertz CT molecular complexity index is 1000. The average Bonchev–Trinajstić information content (AvgIpc) is 3.10. The minimum atomic E-state index is -0.144. The van der Waals surface area contributed by atoms with E-state index in [9.17, 15) is 5.11 Å². The number of hydrogen-bond acceptors (Lipinski definition) is 2. The lowest BCUT2D eigenvalue weighted by atomic mass is 9.78. The monoisotopic (exact) mass is 439 g/mol. The summed E-state index contributed by atoms with van der Waals surface area (Å²) in [6, 6.07) is 12.7. The molecule has 0 unspecified atom stereocenters. The number of aromatic nitrogens is 2. The van der Waals surface area contributed by atoms with Crippen LogP contribution >= 0.6 is 0 Å². The predicted molar refractivity (Wildman–Crippen MR) is 111 cm³/mol. The van der Waals surface area contributed by atoms with Crippen LogP contribution in [0.4, 0.5) is 0 Å². The topological polar surface area (TPSA) is 38.0 Å². The summed E-state index contributed by atoms with van der Waals surface area (Å²) in [5.74, 6) is 1.44. The Kier molecular flexibility index (Phi) is 4.99. The van der Waals surface area contributed by atoms with Gasteiger partial charge < -0.3 is 26.7 Å². The van der Waals surface area contributed by atoms with Gasteiger partial charge in [0.1, 0.15) is 11.6 Å². The highest BCUT2D eigenvalue weighted by Gasteiger charge is 2.28. The standard InChI is InChI=1S/C24H28N2O.BrH/c1-23(2,3)18-11-16(12-19(21(18)27)24(4,5)6)20-14-26-13-15-9-7-8-10-17(15)22(26)25-20;/h7-12,14,27H,13H2,1-6H3;1H/p-1. The molecule has 3 nitrogen and oxygen atoms in total. The van der Waals surface area contributed by atoms with Crippen LogP contribution in [0.5, 0.6) is 5.75 Å². The molecule has 0 saturated carbocycles. The van der Waals surface area contributed by atoms with Crippen molar-refractivity contribution in [1.82, 2.24) is 9.55 Å². The smallest absolute Gasteiger partial charge is 0.141 e. The van der Waals surface area contributed by atoms with Gasteiger partial charge >= 0.3 is 0 Å². The molecular weight excluding hydrogens is 412 g/mol. The van der Waals surface area contributed by atoms with Crippen LogP contribution in [0.25, 0.3) is 22.6 Å². The first-order valence-electron chi connectivity index (χ1n) is 9.59. The molecule has 0 fully saturated rings. The van der Waals surface area contributed by atoms with Crippen molar-refractivity contribution in [3.05, 3.63) is 59.3 Å². The molecule has 3 aromatic rings. The highest BCUT2D eigenvalue weighted by atomic mass is 79.9. The zero-order valence-corrected chi connectivity index (χ0v) is 19.1. The Labute approximate surface area is 178 Å². The fourth-order valence-electron chi connectivity index (χ4n) is 3.88. The maximum Gasteiger partial charge on any atom is 0.141 e. The number of nitrogens with zero attached hydrogens (tertiary/aromatic N) is 2. The molecule has 0 atom stereocenters. The second-order valence-corrected chi connectivity index (χ2v) is 9.65. The molecule has 28 heavy (non-hydrogen) atoms. The van der Waals surface area contributed by atoms with E-state index in [1.54, 1.807) is 0 Å². The highest BCUT2D eigenvalue weighted by Crippen LogP contribution is 2.42. The molecule has 1 aromatic heterocycles. The van der Waals surface area contributed by atoms with Gasteiger partial charge in [0.25, 0.3) is 0 Å². The van der Waals surface area contributed by atoms with Crippen LogP contribution in [0, 0.1) is 0 Å². The Hall–Kier alpha value is -2.07. The Morgan fingerprint density at radius 1 is 0.929 bits per heavy atom. The van der Waals surface area contributed by atoms with Gasteiger partial charge in [-0.1, -0.05) is 65.8 Å². The van der Waals surface area contributed by atoms with Crippen LogP contribution in [-0.2, 0) is 17.4 Å². The van der Waals surface area contributed by atoms with Crippen LogP contribution in [0.3, 0.4) is 0 Å². The zero-order valence-electron chi connectivity index (χ0n) is 17.5. The van der Waals surface area contributed by atoms with Gasteiger partial charge in [0.15, 0.2) is 0 Å². The summed E-state index contributed by atoms with van der Waals surface area (Å²) in [6.45, 7) is 13.7. The molecule has 0 saturated heterocycles. The van der Waals surface area contributed by atoms with Gasteiger partial charge in [0.2, 0.25) is 0 Å². The van der Waals surface area contributed by atoms with Crippen molar-refractivity contribution < 1.29 is 22.1 Å². The summed E-state index contributed by atoms with van der Waals surface area (Å²) in [5, 5.41) is 11.0. The van der Waals surface area contributed by atoms with E-state index in [0.29, 0.717) is 5.75 Å². The normalized spacial score (nSPS) is 13.1. The summed E-state index contributed by atoms with van der Waals surface area (Å²) in [4.78, 5) is 4.96. The maximum absolute atomic E-state index is 11.0. The fraction of sp³-hybridized carbons (Fsp3) is 0.375. The van der Waals surface area contributed by atoms with Crippen molar-refractivity contribution in [2.75, 3.05) is 0 Å². The Morgan fingerprint density at radius 2 is 1.50 bits per heavy atom. The quantitative estimate of drug-likeness (QED) is 0.495. The number of hydrogen-bond donors (Lipinski definition) is 1. The van der Waals surface area contributed by atoms with Gasteiger partial charge in [-0.15, -0.1) is 0 Å². The predicted octanol–water partition coefficient (Wildman–Crippen LogP) is 2.88. The molecule has 1 aliphatic rings. The van der Waals surface area contributed by atoms with Crippen molar-refractivity contribution in [2.24, 2.45) is 0 Å². The van der Waals surface area contributed by atoms with Crippen LogP contribution in [0.2, 0.25) is 0 Å². The third kappa shape index (κ3) is 3.39. The fourth-order valence-corrected chi connectivity index (χ4v) is 3.88. The third-order valence-electron chi connectivity index (χ3n) is 5.40. The second kappa shape index (κ2) is 6.77. The number of halogens is 1. The van der Waals surface area contributed by atoms with Crippen molar-refractivity contribution in [1.29, 1.82) is 0 Å². The van der Waals surface area contributed by atoms with Crippen LogP contribution in [0.1, 0.15) is 58.2 Å². The van der Waals surface area contributed by atoms with Crippen LogP contribution in [0.15, 0.2) is 42.6 Å². The molecule has 0 bridgehead atoms. The number of fused-ring (bicyclic) bond motifs is 3. The molecule has 2 heterocycles. The van der Waals surface area contributed by atoms with Crippen LogP contribution in [-0.4, -0.2) is 14.7 Å². The summed E-state index contributed by atoms with van der Waals surface area (Å²) >= 11 is 0. The van der Waals surface area contributed by atoms with Crippen LogP contribution < -0.4 is 17.0 Å². The Balaban J connectivity index is 0.00000225. The SMILES string of the molecule is CC(C)(C)c1cc(-c2cn3c(n2)-c2ccccc2C3)cc(C(C)(C)C)c1O.[Br-]. The number of benzene rings is 2. The van der Waals surface area contributed by atoms with E-state index in [2.05, 4.69) is 88.7 Å². The van der Waals surface area contributed by atoms with Crippen molar-refractivity contribution >= 4 is 0 Å². The first kappa shape index (κ1) is 20.7. The highest BCUT2D eigenvalue weighted by molar-refractivity contribution is 5.72. The third-order valence-corrected chi connectivity index (χ3v) is 5.40. The summed E-state index contributed by atoms with van der Waals surface area (Å²) in [6.07, 6.45) is 2.14. The molecule has 1 aliphatic heterocycles. The van der Waals surface area contributed by atoms with Gasteiger partial charge in [0, 0.05) is 35.0 Å². The van der Waals surface area contributed by atoms with E-state index in [1.165, 1.54) is 11.1 Å². The van der Waals surface area contributed by atoms with Gasteiger partial charge in [-0.3, -0.25) is 0 Å². The number of phenols is 1. The lowest BCUT2D eigenvalue weighted by Gasteiger charge is -2.28. The molecule has 0 spiro atoms. The molecule has 4 rings (SSSR count). The molecular formula is C24H28BrN2O-. The summed E-state index contributed by atoms with van der Waals surface area (Å²) in [7, 11) is 0. The van der Waals surface area contributed by atoms with Crippen molar-refractivity contribution in [3.8, 4) is 28.4 Å². The molecule has 0 amide bonds. The largest absolute Gasteiger partial charge is 1.00 e. The second-order valence-electron chi connectivity index (χ2n) is 9.65.